The first kappa shape index (κ1) is 14.3. The van der Waals surface area contributed by atoms with Crippen LogP contribution in [0.4, 0.5) is 13.2 Å². The summed E-state index contributed by atoms with van der Waals surface area (Å²) < 4.78 is 49.4. The number of methoxy groups -OCH3 is 1. The summed E-state index contributed by atoms with van der Waals surface area (Å²) in [7, 11) is 1.28. The van der Waals surface area contributed by atoms with Crippen molar-refractivity contribution in [1.82, 2.24) is 0 Å². The predicted molar refractivity (Wildman–Crippen MR) is 55.3 cm³/mol. The van der Waals surface area contributed by atoms with Crippen LogP contribution < -0.4 is 4.74 Å². The van der Waals surface area contributed by atoms with E-state index in [9.17, 15) is 18.0 Å². The van der Waals surface area contributed by atoms with Crippen molar-refractivity contribution in [3.8, 4) is 5.75 Å². The molecule has 1 aromatic carbocycles. The second-order valence-corrected chi connectivity index (χ2v) is 3.44. The van der Waals surface area contributed by atoms with Gasteiger partial charge in [0.2, 0.25) is 0 Å². The Morgan fingerprint density at radius 3 is 2.61 bits per heavy atom. The minimum absolute atomic E-state index is 0.110. The van der Waals surface area contributed by atoms with E-state index in [-0.39, 0.29) is 5.75 Å². The van der Waals surface area contributed by atoms with E-state index < -0.39 is 36.5 Å². The van der Waals surface area contributed by atoms with Gasteiger partial charge < -0.3 is 14.6 Å². The van der Waals surface area contributed by atoms with Crippen LogP contribution in [0.1, 0.15) is 5.56 Å². The van der Waals surface area contributed by atoms with Gasteiger partial charge in [0.05, 0.1) is 12.7 Å². The van der Waals surface area contributed by atoms with Crippen LogP contribution in [0.25, 0.3) is 0 Å². The van der Waals surface area contributed by atoms with Crippen LogP contribution >= 0.6 is 0 Å². The maximum atomic E-state index is 13.5. The Kier molecular flexibility index (Phi) is 4.55. The molecule has 0 amide bonds. The molecule has 0 aliphatic carbocycles. The van der Waals surface area contributed by atoms with E-state index in [4.69, 9.17) is 5.11 Å². The summed E-state index contributed by atoms with van der Waals surface area (Å²) in [6.07, 6.45) is 0. The number of hydrogen-bond donors (Lipinski definition) is 1. The molecule has 4 nitrogen and oxygen atoms in total. The van der Waals surface area contributed by atoms with Gasteiger partial charge in [0.25, 0.3) is 5.92 Å². The Morgan fingerprint density at radius 2 is 2.11 bits per heavy atom. The van der Waals surface area contributed by atoms with Crippen LogP contribution in [0.3, 0.4) is 0 Å². The van der Waals surface area contributed by atoms with Gasteiger partial charge in [-0.2, -0.15) is 8.78 Å². The summed E-state index contributed by atoms with van der Waals surface area (Å²) in [4.78, 5) is 10.1. The van der Waals surface area contributed by atoms with E-state index in [0.717, 1.165) is 12.1 Å². The molecule has 1 rings (SSSR count). The lowest BCUT2D eigenvalue weighted by atomic mass is 10.1. The zero-order valence-electron chi connectivity index (χ0n) is 9.45. The number of aliphatic carboxylic acids is 1. The number of hydrogen-bond acceptors (Lipinski definition) is 3. The number of rotatable bonds is 6. The molecule has 0 heterocycles. The van der Waals surface area contributed by atoms with Gasteiger partial charge in [0, 0.05) is 6.07 Å². The lowest BCUT2D eigenvalue weighted by molar-refractivity contribution is -0.147. The highest BCUT2D eigenvalue weighted by Crippen LogP contribution is 2.32. The molecule has 0 saturated heterocycles. The van der Waals surface area contributed by atoms with Crippen LogP contribution in [0.2, 0.25) is 0 Å². The molecule has 0 bridgehead atoms. The second kappa shape index (κ2) is 5.72. The van der Waals surface area contributed by atoms with Crippen LogP contribution in [-0.4, -0.2) is 31.4 Å². The van der Waals surface area contributed by atoms with Crippen molar-refractivity contribution in [3.63, 3.8) is 0 Å². The van der Waals surface area contributed by atoms with E-state index in [0.29, 0.717) is 0 Å². The van der Waals surface area contributed by atoms with Gasteiger partial charge in [0.15, 0.2) is 0 Å². The molecule has 0 aromatic heterocycles. The standard InChI is InChI=1S/C11H11F3O4/c1-17-7-2-3-8(9(12)4-7)11(13,14)6-18-5-10(15)16/h2-4H,5-6H2,1H3,(H,15,16). The summed E-state index contributed by atoms with van der Waals surface area (Å²) in [5.41, 5.74) is -0.867. The summed E-state index contributed by atoms with van der Waals surface area (Å²) >= 11 is 0. The molecule has 0 spiro atoms. The first-order valence-electron chi connectivity index (χ1n) is 4.88. The maximum absolute atomic E-state index is 13.5. The molecule has 0 aliphatic heterocycles. The minimum atomic E-state index is -3.61. The topological polar surface area (TPSA) is 55.8 Å². The third-order valence-corrected chi connectivity index (χ3v) is 2.08. The Bertz CT molecular complexity index is 434. The summed E-state index contributed by atoms with van der Waals surface area (Å²) in [6.45, 7) is -2.07. The Balaban J connectivity index is 2.80. The number of carboxylic acids is 1. The lowest BCUT2D eigenvalue weighted by Gasteiger charge is -2.17. The average molecular weight is 264 g/mol. The van der Waals surface area contributed by atoms with Gasteiger partial charge in [-0.1, -0.05) is 0 Å². The third kappa shape index (κ3) is 3.63. The normalized spacial score (nSPS) is 11.3. The molecule has 0 saturated carbocycles. The van der Waals surface area contributed by atoms with Crippen molar-refractivity contribution < 1.29 is 32.5 Å². The number of carbonyl (C=O) groups is 1. The Hall–Kier alpha value is -1.76. The van der Waals surface area contributed by atoms with Crippen molar-refractivity contribution in [1.29, 1.82) is 0 Å². The fourth-order valence-electron chi connectivity index (χ4n) is 1.26. The number of benzene rings is 1. The van der Waals surface area contributed by atoms with Gasteiger partial charge in [-0.15, -0.1) is 0 Å². The number of alkyl halides is 2. The predicted octanol–water partition coefficient (Wildman–Crippen LogP) is 2.03. The van der Waals surface area contributed by atoms with Gasteiger partial charge in [-0.05, 0) is 12.1 Å². The van der Waals surface area contributed by atoms with Crippen molar-refractivity contribution in [3.05, 3.63) is 29.6 Å². The van der Waals surface area contributed by atoms with Gasteiger partial charge in [0.1, 0.15) is 24.8 Å². The number of ether oxygens (including phenoxy) is 2. The summed E-state index contributed by atoms with van der Waals surface area (Å²) in [5.74, 6) is -6.01. The van der Waals surface area contributed by atoms with Crippen LogP contribution in [0, 0.1) is 5.82 Å². The summed E-state index contributed by atoms with van der Waals surface area (Å²) in [6, 6.07) is 2.88. The zero-order chi connectivity index (χ0) is 13.8. The van der Waals surface area contributed by atoms with E-state index in [2.05, 4.69) is 9.47 Å². The molecule has 0 atom stereocenters. The molecule has 0 radical (unpaired) electrons. The number of carboxylic acid groups (broad SMARTS) is 1. The molecule has 1 aromatic rings. The fourth-order valence-corrected chi connectivity index (χ4v) is 1.26. The van der Waals surface area contributed by atoms with Crippen LogP contribution in [-0.2, 0) is 15.5 Å². The van der Waals surface area contributed by atoms with Crippen molar-refractivity contribution in [2.45, 2.75) is 5.92 Å². The first-order chi connectivity index (χ1) is 8.36. The number of halogens is 3. The Morgan fingerprint density at radius 1 is 1.44 bits per heavy atom. The SMILES string of the molecule is COc1ccc(C(F)(F)COCC(=O)O)c(F)c1. The molecule has 100 valence electrons. The lowest BCUT2D eigenvalue weighted by Crippen LogP contribution is -2.24. The van der Waals surface area contributed by atoms with E-state index in [1.807, 2.05) is 0 Å². The maximum Gasteiger partial charge on any atom is 0.329 e. The smallest absolute Gasteiger partial charge is 0.329 e. The van der Waals surface area contributed by atoms with Crippen molar-refractivity contribution in [2.75, 3.05) is 20.3 Å². The van der Waals surface area contributed by atoms with Crippen LogP contribution in [0.5, 0.6) is 5.75 Å². The van der Waals surface area contributed by atoms with Gasteiger partial charge >= 0.3 is 5.97 Å². The molecule has 0 fully saturated rings. The van der Waals surface area contributed by atoms with E-state index in [1.54, 1.807) is 0 Å². The average Bonchev–Trinajstić information content (AvgIpc) is 2.27. The molecule has 0 unspecified atom stereocenters. The van der Waals surface area contributed by atoms with Gasteiger partial charge in [-0.3, -0.25) is 0 Å². The highest BCUT2D eigenvalue weighted by Gasteiger charge is 2.35. The van der Waals surface area contributed by atoms with E-state index >= 15 is 0 Å². The van der Waals surface area contributed by atoms with Crippen molar-refractivity contribution >= 4 is 5.97 Å². The fraction of sp³-hybridized carbons (Fsp3) is 0.364. The monoisotopic (exact) mass is 264 g/mol. The largest absolute Gasteiger partial charge is 0.497 e. The Labute approximate surface area is 101 Å². The molecule has 0 aliphatic rings. The summed E-state index contributed by atoms with van der Waals surface area (Å²) in [5, 5.41) is 8.24. The van der Waals surface area contributed by atoms with E-state index in [1.165, 1.54) is 13.2 Å². The van der Waals surface area contributed by atoms with Gasteiger partial charge in [-0.25, -0.2) is 9.18 Å². The van der Waals surface area contributed by atoms with Crippen molar-refractivity contribution in [2.24, 2.45) is 0 Å². The molecular formula is C11H11F3O4. The first-order valence-corrected chi connectivity index (χ1v) is 4.88. The third-order valence-electron chi connectivity index (χ3n) is 2.08. The molecular weight excluding hydrogens is 253 g/mol. The van der Waals surface area contributed by atoms with Crippen LogP contribution in [0.15, 0.2) is 18.2 Å². The molecule has 7 heteroatoms. The highest BCUT2D eigenvalue weighted by atomic mass is 19.3. The molecule has 1 N–H and O–H groups in total. The minimum Gasteiger partial charge on any atom is -0.497 e. The zero-order valence-corrected chi connectivity index (χ0v) is 9.45. The quantitative estimate of drug-likeness (QED) is 0.854. The highest BCUT2D eigenvalue weighted by molar-refractivity contribution is 5.68. The second-order valence-electron chi connectivity index (χ2n) is 3.44. The molecule has 18 heavy (non-hydrogen) atoms.